The van der Waals surface area contributed by atoms with E-state index in [0.717, 1.165) is 0 Å². The molecule has 1 aliphatic carbocycles. The number of aromatic nitrogens is 1. The molecule has 0 spiro atoms. The number of aromatic hydroxyl groups is 1. The summed E-state index contributed by atoms with van der Waals surface area (Å²) < 4.78 is 5.56. The van der Waals surface area contributed by atoms with Crippen LogP contribution < -0.4 is 5.43 Å². The van der Waals surface area contributed by atoms with Crippen molar-refractivity contribution < 1.29 is 19.4 Å². The number of phenols is 1. The molecule has 2 aliphatic rings. The lowest BCUT2D eigenvalue weighted by Crippen LogP contribution is -2.16. The third-order valence-electron chi connectivity index (χ3n) is 4.19. The first-order valence-corrected chi connectivity index (χ1v) is 7.83. The van der Waals surface area contributed by atoms with E-state index >= 15 is 0 Å². The summed E-state index contributed by atoms with van der Waals surface area (Å²) in [6.45, 7) is 0. The van der Waals surface area contributed by atoms with Crippen LogP contribution in [0.2, 0.25) is 0 Å². The number of para-hydroxylation sites is 2. The van der Waals surface area contributed by atoms with Crippen molar-refractivity contribution in [2.75, 3.05) is 0 Å². The lowest BCUT2D eigenvalue weighted by Gasteiger charge is -2.14. The molecule has 7 nitrogen and oxygen atoms in total. The summed E-state index contributed by atoms with van der Waals surface area (Å²) in [6, 6.07) is 14.4. The molecule has 0 amide bonds. The van der Waals surface area contributed by atoms with E-state index in [2.05, 4.69) is 4.98 Å². The predicted molar refractivity (Wildman–Crippen MR) is 95.7 cm³/mol. The van der Waals surface area contributed by atoms with Gasteiger partial charge in [0.15, 0.2) is 11.3 Å². The van der Waals surface area contributed by atoms with Crippen LogP contribution in [0.4, 0.5) is 0 Å². The molecule has 4 rings (SSSR count). The van der Waals surface area contributed by atoms with Gasteiger partial charge in [-0.25, -0.2) is 9.78 Å². The van der Waals surface area contributed by atoms with Gasteiger partial charge in [0.1, 0.15) is 16.8 Å². The van der Waals surface area contributed by atoms with Crippen LogP contribution in [0.15, 0.2) is 57.7 Å². The molecule has 0 aromatic heterocycles. The van der Waals surface area contributed by atoms with Crippen LogP contribution in [-0.2, 0) is 0 Å². The quantitative estimate of drug-likeness (QED) is 0.527. The van der Waals surface area contributed by atoms with E-state index in [4.69, 9.17) is 9.68 Å². The van der Waals surface area contributed by atoms with Crippen LogP contribution >= 0.6 is 0 Å². The molecule has 2 N–H and O–H groups in total. The van der Waals surface area contributed by atoms with Crippen molar-refractivity contribution in [3.63, 3.8) is 0 Å². The Hall–Kier alpha value is -4.18. The summed E-state index contributed by atoms with van der Waals surface area (Å²) in [6.07, 6.45) is 0. The zero-order valence-corrected chi connectivity index (χ0v) is 13.6. The Morgan fingerprint density at radius 1 is 1.11 bits per heavy atom. The summed E-state index contributed by atoms with van der Waals surface area (Å²) in [5.74, 6) is -2.38. The Labute approximate surface area is 151 Å². The Bertz CT molecular complexity index is 1280. The van der Waals surface area contributed by atoms with Crippen LogP contribution in [0.25, 0.3) is 33.7 Å². The number of aromatic carboxylic acids is 1. The Balaban J connectivity index is 2.17. The first-order valence-electron chi connectivity index (χ1n) is 7.83. The highest BCUT2D eigenvalue weighted by Gasteiger charge is 2.30. The zero-order chi connectivity index (χ0) is 19.1. The largest absolute Gasteiger partial charge is 0.501 e. The van der Waals surface area contributed by atoms with Gasteiger partial charge in [0, 0.05) is 0 Å². The van der Waals surface area contributed by atoms with Gasteiger partial charge < -0.3 is 14.6 Å². The molecule has 2 aromatic rings. The monoisotopic (exact) mass is 358 g/mol. The zero-order valence-electron chi connectivity index (χ0n) is 13.6. The summed E-state index contributed by atoms with van der Waals surface area (Å²) >= 11 is 0. The number of nitriles is 1. The van der Waals surface area contributed by atoms with E-state index in [1.807, 2.05) is 6.07 Å². The minimum absolute atomic E-state index is 0.127. The van der Waals surface area contributed by atoms with Crippen LogP contribution in [0.3, 0.4) is 0 Å². The van der Waals surface area contributed by atoms with Crippen molar-refractivity contribution in [1.29, 1.82) is 5.26 Å². The smallest absolute Gasteiger partial charge is 0.338 e. The average molecular weight is 358 g/mol. The van der Waals surface area contributed by atoms with Crippen molar-refractivity contribution in [2.45, 2.75) is 0 Å². The number of carboxylic acid groups (broad SMARTS) is 1. The van der Waals surface area contributed by atoms with Crippen LogP contribution in [-0.4, -0.2) is 21.2 Å². The highest BCUT2D eigenvalue weighted by atomic mass is 16.4. The van der Waals surface area contributed by atoms with Gasteiger partial charge in [-0.2, -0.15) is 5.26 Å². The maximum absolute atomic E-state index is 12.7. The third-order valence-corrected chi connectivity index (χ3v) is 4.19. The van der Waals surface area contributed by atoms with Gasteiger partial charge >= 0.3 is 5.97 Å². The number of nitrogens with zero attached hydrogens (tertiary/aromatic N) is 2. The standard InChI is InChI=1S/C20H10N2O5/c21-9-10-5-7-11(8-6-10)14-15(20(25)26)16-19(18(24)17(14)23)27-13-4-2-1-3-12(13)22-16/h1-8,24H,(H,25,26). The lowest BCUT2D eigenvalue weighted by atomic mass is 9.94. The molecule has 7 heteroatoms. The van der Waals surface area contributed by atoms with Gasteiger partial charge in [-0.15, -0.1) is 0 Å². The number of carboxylic acids is 1. The maximum atomic E-state index is 12.7. The number of carbonyl (C=O) groups is 1. The summed E-state index contributed by atoms with van der Waals surface area (Å²) in [4.78, 5) is 29.0. The van der Waals surface area contributed by atoms with Gasteiger partial charge in [0.05, 0.1) is 17.2 Å². The van der Waals surface area contributed by atoms with Crippen molar-refractivity contribution in [3.8, 4) is 34.4 Å². The topological polar surface area (TPSA) is 124 Å². The first kappa shape index (κ1) is 16.3. The SMILES string of the molecule is N#Cc1ccc(-c2c(C(=O)O)c3nc4ccccc4oc-3c(O)c2=O)cc1. The normalized spacial score (nSPS) is 10.8. The number of phenolic OH excluding ortho intramolecular Hbond substituents is 1. The second-order valence-electron chi connectivity index (χ2n) is 5.78. The molecular formula is C20H10N2O5. The van der Waals surface area contributed by atoms with E-state index < -0.39 is 17.1 Å². The Morgan fingerprint density at radius 2 is 1.81 bits per heavy atom. The van der Waals surface area contributed by atoms with Crippen molar-refractivity contribution in [3.05, 3.63) is 69.9 Å². The molecule has 27 heavy (non-hydrogen) atoms. The van der Waals surface area contributed by atoms with E-state index in [1.54, 1.807) is 24.3 Å². The number of hydrogen-bond donors (Lipinski definition) is 2. The van der Waals surface area contributed by atoms with Gasteiger partial charge in [-0.05, 0) is 29.8 Å². The Kier molecular flexibility index (Phi) is 3.60. The lowest BCUT2D eigenvalue weighted by molar-refractivity contribution is 0.0698. The fourth-order valence-corrected chi connectivity index (χ4v) is 2.94. The molecule has 0 bridgehead atoms. The molecule has 0 unspecified atom stereocenters. The Morgan fingerprint density at radius 3 is 2.48 bits per heavy atom. The number of benzene rings is 3. The molecule has 0 atom stereocenters. The molecule has 0 saturated carbocycles. The number of rotatable bonds is 2. The van der Waals surface area contributed by atoms with E-state index in [-0.39, 0.29) is 28.1 Å². The second-order valence-corrected chi connectivity index (χ2v) is 5.78. The minimum atomic E-state index is -1.38. The molecule has 0 saturated heterocycles. The molecule has 0 fully saturated rings. The van der Waals surface area contributed by atoms with E-state index in [1.165, 1.54) is 24.3 Å². The average Bonchev–Trinajstić information content (AvgIpc) is 2.69. The van der Waals surface area contributed by atoms with Gasteiger partial charge in [0.25, 0.3) is 0 Å². The molecule has 2 aromatic carbocycles. The fourth-order valence-electron chi connectivity index (χ4n) is 2.94. The van der Waals surface area contributed by atoms with Crippen LogP contribution in [0, 0.1) is 11.3 Å². The summed E-state index contributed by atoms with van der Waals surface area (Å²) in [7, 11) is 0. The van der Waals surface area contributed by atoms with Crippen LogP contribution in [0.5, 0.6) is 5.75 Å². The summed E-state index contributed by atoms with van der Waals surface area (Å²) in [5.41, 5.74) is -0.292. The second kappa shape index (κ2) is 5.97. The molecule has 1 heterocycles. The molecule has 130 valence electrons. The van der Waals surface area contributed by atoms with Crippen molar-refractivity contribution >= 4 is 17.1 Å². The fraction of sp³-hybridized carbons (Fsp3) is 0. The van der Waals surface area contributed by atoms with Crippen molar-refractivity contribution in [2.24, 2.45) is 0 Å². The molecule has 1 aliphatic heterocycles. The number of fused-ring (bicyclic) bond motifs is 2. The highest BCUT2D eigenvalue weighted by molar-refractivity contribution is 6.04. The number of hydrogen-bond acceptors (Lipinski definition) is 6. The van der Waals surface area contributed by atoms with Gasteiger partial charge in [-0.3, -0.25) is 4.79 Å². The minimum Gasteiger partial charge on any atom is -0.501 e. The molecule has 0 radical (unpaired) electrons. The van der Waals surface area contributed by atoms with Crippen molar-refractivity contribution in [1.82, 2.24) is 4.98 Å². The molecular weight excluding hydrogens is 348 g/mol. The highest BCUT2D eigenvalue weighted by Crippen LogP contribution is 2.37. The van der Waals surface area contributed by atoms with Gasteiger partial charge in [0.2, 0.25) is 11.2 Å². The first-order chi connectivity index (χ1) is 13.0. The predicted octanol–water partition coefficient (Wildman–Crippen LogP) is 3.24. The van der Waals surface area contributed by atoms with E-state index in [0.29, 0.717) is 16.7 Å². The maximum Gasteiger partial charge on any atom is 0.338 e. The third kappa shape index (κ3) is 2.48. The van der Waals surface area contributed by atoms with Gasteiger partial charge in [-0.1, -0.05) is 24.3 Å². The summed E-state index contributed by atoms with van der Waals surface area (Å²) in [5, 5.41) is 29.0. The van der Waals surface area contributed by atoms with E-state index in [9.17, 15) is 19.8 Å². The van der Waals surface area contributed by atoms with Crippen LogP contribution in [0.1, 0.15) is 15.9 Å².